The smallest absolute Gasteiger partial charge is 0.392 e. The Morgan fingerprint density at radius 2 is 1.95 bits per heavy atom. The first-order valence-corrected chi connectivity index (χ1v) is 5.72. The molecular weight excluding hydrogens is 263 g/mol. The molecule has 19 heavy (non-hydrogen) atoms. The molecule has 0 saturated heterocycles. The van der Waals surface area contributed by atoms with Gasteiger partial charge in [0.15, 0.2) is 0 Å². The molecule has 7 heteroatoms. The summed E-state index contributed by atoms with van der Waals surface area (Å²) in [6.45, 7) is 1.49. The summed E-state index contributed by atoms with van der Waals surface area (Å²) in [5.41, 5.74) is -2.24. The number of non-ortho nitro benzene ring substituents is 1. The predicted molar refractivity (Wildman–Crippen MR) is 60.7 cm³/mol. The number of alkyl halides is 3. The van der Waals surface area contributed by atoms with Crippen molar-refractivity contribution >= 4 is 5.69 Å². The van der Waals surface area contributed by atoms with Gasteiger partial charge in [-0.15, -0.1) is 0 Å². The highest BCUT2D eigenvalue weighted by molar-refractivity contribution is 5.46. The Balaban J connectivity index is 2.56. The van der Waals surface area contributed by atoms with Crippen molar-refractivity contribution in [3.8, 4) is 0 Å². The number of hydrogen-bond donors (Lipinski definition) is 1. The predicted octanol–water partition coefficient (Wildman–Crippen LogP) is 3.03. The molecule has 1 fully saturated rings. The van der Waals surface area contributed by atoms with Gasteiger partial charge in [0.2, 0.25) is 0 Å². The Morgan fingerprint density at radius 1 is 1.37 bits per heavy atom. The van der Waals surface area contributed by atoms with Crippen molar-refractivity contribution in [1.82, 2.24) is 0 Å². The van der Waals surface area contributed by atoms with E-state index in [1.54, 1.807) is 0 Å². The van der Waals surface area contributed by atoms with E-state index in [0.717, 1.165) is 12.1 Å². The highest BCUT2D eigenvalue weighted by Gasteiger charge is 2.49. The zero-order valence-electron chi connectivity index (χ0n) is 10.1. The van der Waals surface area contributed by atoms with Crippen LogP contribution < -0.4 is 0 Å². The molecule has 1 saturated carbocycles. The average molecular weight is 275 g/mol. The first kappa shape index (κ1) is 13.8. The molecular formula is C12H12F3NO3. The first-order valence-electron chi connectivity index (χ1n) is 5.72. The fourth-order valence-corrected chi connectivity index (χ4v) is 2.25. The van der Waals surface area contributed by atoms with Crippen molar-refractivity contribution in [2.75, 3.05) is 0 Å². The van der Waals surface area contributed by atoms with Gasteiger partial charge in [0.1, 0.15) is 0 Å². The summed E-state index contributed by atoms with van der Waals surface area (Å²) in [5, 5.41) is 20.4. The number of rotatable bonds is 3. The number of nitrogens with zero attached hydrogens (tertiary/aromatic N) is 1. The third kappa shape index (κ3) is 2.42. The molecule has 1 aromatic carbocycles. The molecule has 4 nitrogen and oxygen atoms in total. The van der Waals surface area contributed by atoms with E-state index >= 15 is 0 Å². The summed E-state index contributed by atoms with van der Waals surface area (Å²) in [7, 11) is 0. The Kier molecular flexibility index (Phi) is 3.04. The van der Waals surface area contributed by atoms with E-state index < -0.39 is 33.9 Å². The van der Waals surface area contributed by atoms with Crippen LogP contribution in [-0.4, -0.2) is 16.1 Å². The number of nitro groups is 1. The van der Waals surface area contributed by atoms with Crippen molar-refractivity contribution in [3.63, 3.8) is 0 Å². The molecule has 0 heterocycles. The van der Waals surface area contributed by atoms with Crippen molar-refractivity contribution in [1.29, 1.82) is 0 Å². The second kappa shape index (κ2) is 4.19. The maximum absolute atomic E-state index is 12.7. The Labute approximate surface area is 107 Å². The zero-order valence-corrected chi connectivity index (χ0v) is 10.1. The van der Waals surface area contributed by atoms with Crippen LogP contribution in [0, 0.1) is 10.1 Å². The average Bonchev–Trinajstić information content (AvgIpc) is 3.08. The van der Waals surface area contributed by atoms with Gasteiger partial charge >= 0.3 is 6.18 Å². The number of nitro benzene ring substituents is 1. The summed E-state index contributed by atoms with van der Waals surface area (Å²) >= 11 is 0. The van der Waals surface area contributed by atoms with Crippen LogP contribution in [0.25, 0.3) is 0 Å². The van der Waals surface area contributed by atoms with E-state index in [1.165, 1.54) is 6.92 Å². The molecule has 1 unspecified atom stereocenters. The van der Waals surface area contributed by atoms with E-state index in [0.29, 0.717) is 18.9 Å². The lowest BCUT2D eigenvalue weighted by atomic mass is 9.89. The summed E-state index contributed by atoms with van der Waals surface area (Å²) < 4.78 is 38.2. The molecule has 0 aromatic heterocycles. The van der Waals surface area contributed by atoms with Gasteiger partial charge in [0.25, 0.3) is 5.69 Å². The molecule has 0 amide bonds. The number of aliphatic hydroxyl groups is 1. The molecule has 0 spiro atoms. The van der Waals surface area contributed by atoms with Gasteiger partial charge in [-0.1, -0.05) is 0 Å². The Hall–Kier alpha value is -1.63. The number of aliphatic hydroxyl groups excluding tert-OH is 1. The third-order valence-electron chi connectivity index (χ3n) is 3.62. The van der Waals surface area contributed by atoms with Crippen molar-refractivity contribution < 1.29 is 23.2 Å². The minimum Gasteiger partial charge on any atom is -0.392 e. The van der Waals surface area contributed by atoms with Crippen LogP contribution in [0.1, 0.15) is 30.9 Å². The minimum absolute atomic E-state index is 0.184. The van der Waals surface area contributed by atoms with E-state index in [2.05, 4.69) is 0 Å². The van der Waals surface area contributed by atoms with Gasteiger partial charge in [-0.05, 0) is 31.4 Å². The molecule has 1 aromatic rings. The van der Waals surface area contributed by atoms with Crippen LogP contribution in [0.2, 0.25) is 0 Å². The second-order valence-corrected chi connectivity index (χ2v) is 4.86. The van der Waals surface area contributed by atoms with Gasteiger partial charge in [-0.3, -0.25) is 10.1 Å². The van der Waals surface area contributed by atoms with E-state index in [-0.39, 0.29) is 5.56 Å². The fraction of sp³-hybridized carbons (Fsp3) is 0.500. The normalized spacial score (nSPS) is 19.0. The molecule has 0 aliphatic heterocycles. The SMILES string of the molecule is CC(O)C1(c2cc([N+](=O)[O-])cc(C(F)(F)F)c2)CC1. The molecule has 1 atom stereocenters. The maximum Gasteiger partial charge on any atom is 0.416 e. The number of benzene rings is 1. The van der Waals surface area contributed by atoms with Crippen molar-refractivity contribution in [3.05, 3.63) is 39.4 Å². The van der Waals surface area contributed by atoms with Gasteiger partial charge in [-0.25, -0.2) is 0 Å². The minimum atomic E-state index is -4.64. The van der Waals surface area contributed by atoms with Crippen LogP contribution in [-0.2, 0) is 11.6 Å². The van der Waals surface area contributed by atoms with Gasteiger partial charge < -0.3 is 5.11 Å². The van der Waals surface area contributed by atoms with E-state index in [9.17, 15) is 28.4 Å². The largest absolute Gasteiger partial charge is 0.416 e. The lowest BCUT2D eigenvalue weighted by Crippen LogP contribution is -2.23. The van der Waals surface area contributed by atoms with Gasteiger partial charge in [0, 0.05) is 17.5 Å². The van der Waals surface area contributed by atoms with Crippen molar-refractivity contribution in [2.45, 2.75) is 37.5 Å². The maximum atomic E-state index is 12.7. The molecule has 2 rings (SSSR count). The van der Waals surface area contributed by atoms with E-state index in [1.807, 2.05) is 0 Å². The molecule has 0 radical (unpaired) electrons. The lowest BCUT2D eigenvalue weighted by Gasteiger charge is -2.20. The van der Waals surface area contributed by atoms with Gasteiger partial charge in [-0.2, -0.15) is 13.2 Å². The number of halogens is 3. The van der Waals surface area contributed by atoms with E-state index in [4.69, 9.17) is 0 Å². The van der Waals surface area contributed by atoms with Crippen LogP contribution in [0.5, 0.6) is 0 Å². The van der Waals surface area contributed by atoms with Crippen LogP contribution >= 0.6 is 0 Å². The zero-order chi connectivity index (χ0) is 14.4. The van der Waals surface area contributed by atoms with Crippen LogP contribution in [0.4, 0.5) is 18.9 Å². The molecule has 1 aliphatic rings. The lowest BCUT2D eigenvalue weighted by molar-refractivity contribution is -0.385. The molecule has 1 N–H and O–H groups in total. The molecule has 0 bridgehead atoms. The quantitative estimate of drug-likeness (QED) is 0.681. The summed E-state index contributed by atoms with van der Waals surface area (Å²) in [4.78, 5) is 9.87. The summed E-state index contributed by atoms with van der Waals surface area (Å²) in [5.74, 6) is 0. The van der Waals surface area contributed by atoms with Crippen LogP contribution in [0.15, 0.2) is 18.2 Å². The van der Waals surface area contributed by atoms with Crippen molar-refractivity contribution in [2.24, 2.45) is 0 Å². The van der Waals surface area contributed by atoms with Crippen LogP contribution in [0.3, 0.4) is 0 Å². The highest BCUT2D eigenvalue weighted by atomic mass is 19.4. The molecule has 104 valence electrons. The standard InChI is InChI=1S/C12H12F3NO3/c1-7(17)11(2-3-11)8-4-9(12(13,14)15)6-10(5-8)16(18)19/h4-7,17H,2-3H2,1H3. The third-order valence-corrected chi connectivity index (χ3v) is 3.62. The second-order valence-electron chi connectivity index (χ2n) is 4.86. The highest BCUT2D eigenvalue weighted by Crippen LogP contribution is 2.52. The monoisotopic (exact) mass is 275 g/mol. The fourth-order valence-electron chi connectivity index (χ4n) is 2.25. The first-order chi connectivity index (χ1) is 8.67. The van der Waals surface area contributed by atoms with Gasteiger partial charge in [0.05, 0.1) is 16.6 Å². The Bertz CT molecular complexity index is 521. The summed E-state index contributed by atoms with van der Waals surface area (Å²) in [6, 6.07) is 2.53. The topological polar surface area (TPSA) is 63.4 Å². The number of hydrogen-bond acceptors (Lipinski definition) is 3. The summed E-state index contributed by atoms with van der Waals surface area (Å²) in [6.07, 6.45) is -4.42. The molecule has 1 aliphatic carbocycles. The Morgan fingerprint density at radius 3 is 2.32 bits per heavy atom.